The number of hydrogen-bond acceptors (Lipinski definition) is 3. The van der Waals surface area contributed by atoms with E-state index in [1.165, 1.54) is 18.2 Å². The summed E-state index contributed by atoms with van der Waals surface area (Å²) in [6.07, 6.45) is 3.48. The van der Waals surface area contributed by atoms with E-state index >= 15 is 0 Å². The molecule has 0 bridgehead atoms. The molecule has 0 spiro atoms. The summed E-state index contributed by atoms with van der Waals surface area (Å²) in [6, 6.07) is 5.91. The minimum Gasteiger partial charge on any atom is -0.349 e. The summed E-state index contributed by atoms with van der Waals surface area (Å²) < 4.78 is 37.6. The molecule has 1 amide bonds. The molecule has 7 heteroatoms. The van der Waals surface area contributed by atoms with Gasteiger partial charge < -0.3 is 9.88 Å². The van der Waals surface area contributed by atoms with Crippen LogP contribution in [0.15, 0.2) is 41.9 Å². The van der Waals surface area contributed by atoms with Crippen LogP contribution in [0.5, 0.6) is 0 Å². The summed E-state index contributed by atoms with van der Waals surface area (Å²) in [5.41, 5.74) is 0.733. The molecule has 2 aromatic rings. The topological polar surface area (TPSA) is 68.2 Å². The van der Waals surface area contributed by atoms with Crippen LogP contribution in [0.3, 0.4) is 0 Å². The van der Waals surface area contributed by atoms with E-state index < -0.39 is 15.9 Å². The van der Waals surface area contributed by atoms with Gasteiger partial charge in [-0.3, -0.25) is 4.79 Å². The fourth-order valence-electron chi connectivity index (χ4n) is 2.52. The first kappa shape index (κ1) is 14.8. The van der Waals surface area contributed by atoms with Crippen molar-refractivity contribution in [3.8, 4) is 0 Å². The Hall–Kier alpha value is -2.15. The van der Waals surface area contributed by atoms with Gasteiger partial charge in [0.15, 0.2) is 9.84 Å². The quantitative estimate of drug-likeness (QED) is 0.929. The zero-order valence-corrected chi connectivity index (χ0v) is 12.5. The van der Waals surface area contributed by atoms with Crippen molar-refractivity contribution in [1.29, 1.82) is 0 Å². The Bertz CT molecular complexity index is 855. The van der Waals surface area contributed by atoms with Crippen LogP contribution in [-0.2, 0) is 21.2 Å². The zero-order chi connectivity index (χ0) is 15.7. The lowest BCUT2D eigenvalue weighted by atomic mass is 10.2. The monoisotopic (exact) mass is 322 g/mol. The molecule has 1 aromatic heterocycles. The van der Waals surface area contributed by atoms with Crippen molar-refractivity contribution in [3.05, 3.63) is 47.8 Å². The molecule has 0 saturated carbocycles. The Morgan fingerprint density at radius 3 is 2.91 bits per heavy atom. The Kier molecular flexibility index (Phi) is 3.74. The number of hydrogen-bond donors (Lipinski definition) is 1. The molecule has 2 heterocycles. The van der Waals surface area contributed by atoms with Crippen molar-refractivity contribution >= 4 is 26.6 Å². The van der Waals surface area contributed by atoms with Gasteiger partial charge in [0, 0.05) is 24.6 Å². The Labute approximate surface area is 127 Å². The maximum atomic E-state index is 13.3. The molecule has 22 heavy (non-hydrogen) atoms. The highest BCUT2D eigenvalue weighted by Gasteiger charge is 2.22. The predicted molar refractivity (Wildman–Crippen MR) is 81.4 cm³/mol. The van der Waals surface area contributed by atoms with E-state index in [0.717, 1.165) is 16.3 Å². The highest BCUT2D eigenvalue weighted by Crippen LogP contribution is 2.17. The molecule has 0 aliphatic carbocycles. The summed E-state index contributed by atoms with van der Waals surface area (Å²) in [5, 5.41) is 4.70. The Morgan fingerprint density at radius 2 is 2.18 bits per heavy atom. The van der Waals surface area contributed by atoms with Crippen molar-refractivity contribution in [2.75, 3.05) is 5.75 Å². The molecule has 0 saturated heterocycles. The van der Waals surface area contributed by atoms with E-state index in [4.69, 9.17) is 0 Å². The molecule has 0 radical (unpaired) electrons. The summed E-state index contributed by atoms with van der Waals surface area (Å²) >= 11 is 0. The Morgan fingerprint density at radius 1 is 1.36 bits per heavy atom. The molecule has 1 aliphatic rings. The Balaban J connectivity index is 1.61. The maximum Gasteiger partial charge on any atom is 0.222 e. The molecule has 1 aromatic carbocycles. The maximum absolute atomic E-state index is 13.3. The van der Waals surface area contributed by atoms with E-state index in [1.807, 2.05) is 6.07 Å². The molecule has 3 rings (SSSR count). The number of nitrogens with zero attached hydrogens (tertiary/aromatic N) is 1. The molecule has 1 aliphatic heterocycles. The highest BCUT2D eigenvalue weighted by atomic mass is 32.2. The number of carbonyl (C=O) groups is 1. The number of nitrogens with one attached hydrogen (secondary N) is 1. The van der Waals surface area contributed by atoms with E-state index in [0.29, 0.717) is 6.54 Å². The average Bonchev–Trinajstić information content (AvgIpc) is 2.99. The number of aryl methyl sites for hydroxylation is 1. The van der Waals surface area contributed by atoms with Crippen molar-refractivity contribution < 1.29 is 17.6 Å². The summed E-state index contributed by atoms with van der Waals surface area (Å²) in [4.78, 5) is 11.9. The standard InChI is InChI=1S/C15H15FN2O3S/c16-12-2-1-11-3-6-18(14(11)9-12)7-4-15(19)17-13-5-8-22(20,21)10-13/h1-3,5-6,8-9,13H,4,7,10H2,(H,17,19)/t13-/m1/s1. The third-order valence-corrected chi connectivity index (χ3v) is 4.99. The second-order valence-corrected chi connectivity index (χ2v) is 7.23. The molecule has 1 N–H and O–H groups in total. The third kappa shape index (κ3) is 3.19. The summed E-state index contributed by atoms with van der Waals surface area (Å²) in [6.45, 7) is 0.405. The van der Waals surface area contributed by atoms with Crippen LogP contribution in [0.25, 0.3) is 10.9 Å². The molecular formula is C15H15FN2O3S. The van der Waals surface area contributed by atoms with Crippen LogP contribution in [0.4, 0.5) is 4.39 Å². The molecule has 0 fully saturated rings. The lowest BCUT2D eigenvalue weighted by molar-refractivity contribution is -0.121. The van der Waals surface area contributed by atoms with Gasteiger partial charge in [0.25, 0.3) is 0 Å². The van der Waals surface area contributed by atoms with E-state index in [-0.39, 0.29) is 23.9 Å². The molecular weight excluding hydrogens is 307 g/mol. The van der Waals surface area contributed by atoms with Gasteiger partial charge in [0.1, 0.15) is 5.82 Å². The smallest absolute Gasteiger partial charge is 0.222 e. The number of rotatable bonds is 4. The van der Waals surface area contributed by atoms with Crippen LogP contribution in [0, 0.1) is 5.82 Å². The van der Waals surface area contributed by atoms with Gasteiger partial charge >= 0.3 is 0 Å². The number of carbonyl (C=O) groups excluding carboxylic acids is 1. The van der Waals surface area contributed by atoms with Crippen molar-refractivity contribution in [2.45, 2.75) is 19.0 Å². The fraction of sp³-hybridized carbons (Fsp3) is 0.267. The molecule has 5 nitrogen and oxygen atoms in total. The zero-order valence-electron chi connectivity index (χ0n) is 11.7. The first-order chi connectivity index (χ1) is 10.4. The van der Waals surface area contributed by atoms with Gasteiger partial charge in [0.2, 0.25) is 5.91 Å². The van der Waals surface area contributed by atoms with Crippen LogP contribution >= 0.6 is 0 Å². The number of benzene rings is 1. The average molecular weight is 322 g/mol. The lowest BCUT2D eigenvalue weighted by Crippen LogP contribution is -2.35. The minimum absolute atomic E-state index is 0.0869. The minimum atomic E-state index is -3.17. The fourth-order valence-corrected chi connectivity index (χ4v) is 3.75. The molecule has 1 atom stereocenters. The number of amides is 1. The first-order valence-electron chi connectivity index (χ1n) is 6.88. The number of sulfone groups is 1. The highest BCUT2D eigenvalue weighted by molar-refractivity contribution is 7.94. The first-order valence-corrected chi connectivity index (χ1v) is 8.59. The normalized spacial score (nSPS) is 19.6. The van der Waals surface area contributed by atoms with E-state index in [1.54, 1.807) is 16.8 Å². The SMILES string of the molecule is O=C(CCn1ccc2ccc(F)cc21)N[C@@H]1C=CS(=O)(=O)C1. The van der Waals surface area contributed by atoms with Gasteiger partial charge in [-0.1, -0.05) is 0 Å². The summed E-state index contributed by atoms with van der Waals surface area (Å²) in [7, 11) is -3.17. The van der Waals surface area contributed by atoms with Crippen LogP contribution in [0.1, 0.15) is 6.42 Å². The van der Waals surface area contributed by atoms with Gasteiger partial charge in [-0.05, 0) is 35.7 Å². The number of fused-ring (bicyclic) bond motifs is 1. The van der Waals surface area contributed by atoms with Gasteiger partial charge in [-0.15, -0.1) is 0 Å². The molecule has 0 unspecified atom stereocenters. The van der Waals surface area contributed by atoms with Crippen LogP contribution in [-0.4, -0.2) is 30.7 Å². The number of aromatic nitrogens is 1. The van der Waals surface area contributed by atoms with Gasteiger partial charge in [-0.2, -0.15) is 0 Å². The van der Waals surface area contributed by atoms with Gasteiger partial charge in [-0.25, -0.2) is 12.8 Å². The van der Waals surface area contributed by atoms with E-state index in [9.17, 15) is 17.6 Å². The van der Waals surface area contributed by atoms with E-state index in [2.05, 4.69) is 5.32 Å². The van der Waals surface area contributed by atoms with Gasteiger partial charge in [0.05, 0.1) is 17.3 Å². The summed E-state index contributed by atoms with van der Waals surface area (Å²) in [5.74, 6) is -0.639. The molecule has 116 valence electrons. The van der Waals surface area contributed by atoms with Crippen LogP contribution in [0.2, 0.25) is 0 Å². The van der Waals surface area contributed by atoms with Crippen molar-refractivity contribution in [3.63, 3.8) is 0 Å². The van der Waals surface area contributed by atoms with Crippen molar-refractivity contribution in [1.82, 2.24) is 9.88 Å². The largest absolute Gasteiger partial charge is 0.349 e. The third-order valence-electron chi connectivity index (χ3n) is 3.59. The number of halogens is 1. The second kappa shape index (κ2) is 5.57. The predicted octanol–water partition coefficient (Wildman–Crippen LogP) is 1.60. The van der Waals surface area contributed by atoms with Crippen molar-refractivity contribution in [2.24, 2.45) is 0 Å². The lowest BCUT2D eigenvalue weighted by Gasteiger charge is -2.10. The van der Waals surface area contributed by atoms with Crippen LogP contribution < -0.4 is 5.32 Å². The second-order valence-electron chi connectivity index (χ2n) is 5.29.